The van der Waals surface area contributed by atoms with Gasteiger partial charge in [-0.3, -0.25) is 9.59 Å². The molecule has 0 spiro atoms. The molecular formula is C31H34N3O8S+. The van der Waals surface area contributed by atoms with E-state index in [1.165, 1.54) is 18.2 Å². The molecule has 1 heterocycles. The number of fused-ring (bicyclic) bond motifs is 2. The number of esters is 1. The van der Waals surface area contributed by atoms with E-state index >= 15 is 0 Å². The van der Waals surface area contributed by atoms with Crippen LogP contribution in [0.15, 0.2) is 59.0 Å². The number of amides is 1. The number of nitrogens with zero attached hydrogens (tertiary/aromatic N) is 2. The van der Waals surface area contributed by atoms with Crippen LogP contribution >= 0.6 is 0 Å². The molecule has 0 saturated carbocycles. The number of carboxylic acid groups (broad SMARTS) is 1. The Morgan fingerprint density at radius 1 is 1.02 bits per heavy atom. The van der Waals surface area contributed by atoms with Gasteiger partial charge in [-0.2, -0.15) is 0 Å². The van der Waals surface area contributed by atoms with E-state index in [0.717, 1.165) is 17.3 Å². The molecule has 2 N–H and O–H groups in total. The van der Waals surface area contributed by atoms with Gasteiger partial charge in [-0.1, -0.05) is 0 Å². The Hall–Kier alpha value is -4.71. The van der Waals surface area contributed by atoms with Gasteiger partial charge in [0.1, 0.15) is 25.4 Å². The number of ether oxygens (including phenoxy) is 1. The van der Waals surface area contributed by atoms with Crippen molar-refractivity contribution in [3.63, 3.8) is 0 Å². The minimum Gasteiger partial charge on any atom is -0.478 e. The lowest BCUT2D eigenvalue weighted by molar-refractivity contribution is -0.143. The first-order valence-corrected chi connectivity index (χ1v) is 15.5. The summed E-state index contributed by atoms with van der Waals surface area (Å²) in [6, 6.07) is 15.0. The van der Waals surface area contributed by atoms with Crippen molar-refractivity contribution < 1.29 is 37.1 Å². The van der Waals surface area contributed by atoms with Crippen molar-refractivity contribution in [2.75, 3.05) is 45.5 Å². The minimum absolute atomic E-state index is 0.0129. The van der Waals surface area contributed by atoms with Crippen molar-refractivity contribution in [3.8, 4) is 22.5 Å². The third kappa shape index (κ3) is 7.20. The zero-order valence-electron chi connectivity index (χ0n) is 24.6. The van der Waals surface area contributed by atoms with E-state index in [9.17, 15) is 27.9 Å². The molecule has 2 aliphatic rings. The molecule has 0 bridgehead atoms. The quantitative estimate of drug-likeness (QED) is 0.157. The van der Waals surface area contributed by atoms with Crippen LogP contribution in [0.2, 0.25) is 0 Å². The molecule has 0 fully saturated rings. The summed E-state index contributed by atoms with van der Waals surface area (Å²) in [6.45, 7) is 2.67. The molecule has 1 aliphatic heterocycles. The van der Waals surface area contributed by atoms with Crippen LogP contribution < -0.4 is 19.6 Å². The lowest BCUT2D eigenvalue weighted by Crippen LogP contribution is -2.29. The van der Waals surface area contributed by atoms with Gasteiger partial charge < -0.3 is 19.2 Å². The fourth-order valence-corrected chi connectivity index (χ4v) is 5.25. The molecule has 12 heteroatoms. The zero-order chi connectivity index (χ0) is 31.5. The average Bonchev–Trinajstić information content (AvgIpc) is 2.94. The maximum atomic E-state index is 13.2. The number of benzene rings is 3. The smallest absolute Gasteiger partial charge is 0.335 e. The molecule has 2 aromatic rings. The zero-order valence-corrected chi connectivity index (χ0v) is 25.4. The maximum absolute atomic E-state index is 13.2. The van der Waals surface area contributed by atoms with Crippen LogP contribution in [0, 0.1) is 0 Å². The summed E-state index contributed by atoms with van der Waals surface area (Å²) >= 11 is 0. The molecule has 1 amide bonds. The predicted molar refractivity (Wildman–Crippen MR) is 164 cm³/mol. The van der Waals surface area contributed by atoms with Gasteiger partial charge in [0.2, 0.25) is 15.4 Å². The molecule has 0 atom stereocenters. The summed E-state index contributed by atoms with van der Waals surface area (Å²) < 4.78 is 39.2. The summed E-state index contributed by atoms with van der Waals surface area (Å²) in [7, 11) is 1.76. The van der Waals surface area contributed by atoms with Gasteiger partial charge in [0.25, 0.3) is 5.91 Å². The minimum atomic E-state index is -3.90. The first kappa shape index (κ1) is 31.2. The molecule has 4 rings (SSSR count). The fourth-order valence-electron chi connectivity index (χ4n) is 4.80. The van der Waals surface area contributed by atoms with Crippen LogP contribution in [-0.4, -0.2) is 71.9 Å². The summed E-state index contributed by atoms with van der Waals surface area (Å²) in [5, 5.41) is 11.2. The second kappa shape index (κ2) is 12.7. The van der Waals surface area contributed by atoms with E-state index in [0.29, 0.717) is 47.4 Å². The van der Waals surface area contributed by atoms with Gasteiger partial charge in [-0.05, 0) is 55.3 Å². The average molecular weight is 609 g/mol. The van der Waals surface area contributed by atoms with Gasteiger partial charge in [-0.25, -0.2) is 22.5 Å². The van der Waals surface area contributed by atoms with Crippen molar-refractivity contribution in [1.82, 2.24) is 9.30 Å². The first-order valence-electron chi connectivity index (χ1n) is 13.6. The lowest BCUT2D eigenvalue weighted by Gasteiger charge is -2.21. The number of rotatable bonds is 10. The molecule has 0 saturated heterocycles. The third-order valence-corrected chi connectivity index (χ3v) is 7.44. The molecule has 0 aromatic heterocycles. The Morgan fingerprint density at radius 2 is 1.77 bits per heavy atom. The normalized spacial score (nSPS) is 11.4. The molecule has 2 aromatic carbocycles. The highest BCUT2D eigenvalue weighted by molar-refractivity contribution is 7.89. The summed E-state index contributed by atoms with van der Waals surface area (Å²) in [5.41, 5.74) is 2.54. The van der Waals surface area contributed by atoms with E-state index in [1.807, 2.05) is 71.7 Å². The number of carbonyl (C=O) groups is 3. The van der Waals surface area contributed by atoms with Crippen molar-refractivity contribution in [2.45, 2.75) is 19.8 Å². The molecule has 43 heavy (non-hydrogen) atoms. The largest absolute Gasteiger partial charge is 0.478 e. The topological polar surface area (TPSA) is 146 Å². The van der Waals surface area contributed by atoms with Gasteiger partial charge >= 0.3 is 11.9 Å². The summed E-state index contributed by atoms with van der Waals surface area (Å²) in [4.78, 5) is 38.9. The van der Waals surface area contributed by atoms with Crippen molar-refractivity contribution in [3.05, 3.63) is 71.1 Å². The van der Waals surface area contributed by atoms with E-state index < -0.39 is 21.9 Å². The van der Waals surface area contributed by atoms with Crippen LogP contribution in [0.3, 0.4) is 0 Å². The number of hydrogen-bond acceptors (Lipinski definition) is 8. The molecule has 0 unspecified atom stereocenters. The predicted octanol–water partition coefficient (Wildman–Crippen LogP) is 3.40. The Balaban J connectivity index is 1.96. The number of nitrogens with one attached hydrogen (secondary N) is 1. The van der Waals surface area contributed by atoms with E-state index in [2.05, 4.69) is 0 Å². The van der Waals surface area contributed by atoms with E-state index in [4.69, 9.17) is 9.15 Å². The van der Waals surface area contributed by atoms with Crippen molar-refractivity contribution in [2.24, 2.45) is 0 Å². The van der Waals surface area contributed by atoms with Gasteiger partial charge in [0.05, 0.1) is 24.5 Å². The monoisotopic (exact) mass is 608 g/mol. The Labute approximate surface area is 249 Å². The highest BCUT2D eigenvalue weighted by Crippen LogP contribution is 2.42. The molecule has 11 nitrogen and oxygen atoms in total. The third-order valence-electron chi connectivity index (χ3n) is 6.88. The Kier molecular flexibility index (Phi) is 9.19. The summed E-state index contributed by atoms with van der Waals surface area (Å²) in [5.74, 6) is -1.87. The maximum Gasteiger partial charge on any atom is 0.335 e. The van der Waals surface area contributed by atoms with Gasteiger partial charge in [0, 0.05) is 59.9 Å². The highest BCUT2D eigenvalue weighted by atomic mass is 32.2. The lowest BCUT2D eigenvalue weighted by atomic mass is 9.89. The van der Waals surface area contributed by atoms with Crippen LogP contribution in [0.5, 0.6) is 0 Å². The number of anilines is 1. The van der Waals surface area contributed by atoms with Crippen LogP contribution in [0.25, 0.3) is 33.4 Å². The molecule has 226 valence electrons. The highest BCUT2D eigenvalue weighted by Gasteiger charge is 2.25. The number of carbonyl (C=O) groups excluding carboxylic acids is 2. The van der Waals surface area contributed by atoms with Crippen molar-refractivity contribution >= 4 is 44.5 Å². The number of hydrogen-bond donors (Lipinski definition) is 2. The standard InChI is InChI=1S/C31H33N3O8S/c1-6-41-28(35)8-7-15-34(4)21-11-14-24-27(18-21)42-26-17-20(33(2)3)10-13-23(26)29(24)25-16-19(31(37)38)9-12-22(25)30(36)32-43(5,39)40/h9-14,16-18H,6-8,15H2,1-5H3,(H-,32,36,37,38)/p+1. The number of aromatic carboxylic acids is 1. The Bertz CT molecular complexity index is 1870. The van der Waals surface area contributed by atoms with E-state index in [1.54, 1.807) is 6.92 Å². The number of sulfonamides is 1. The second-order valence-electron chi connectivity index (χ2n) is 10.3. The molecule has 1 aliphatic carbocycles. The van der Waals surface area contributed by atoms with Gasteiger partial charge in [0.15, 0.2) is 0 Å². The first-order chi connectivity index (χ1) is 20.3. The van der Waals surface area contributed by atoms with Crippen LogP contribution in [-0.2, 0) is 19.6 Å². The van der Waals surface area contributed by atoms with Crippen LogP contribution in [0.1, 0.15) is 40.5 Å². The second-order valence-corrected chi connectivity index (χ2v) is 12.1. The van der Waals surface area contributed by atoms with E-state index in [-0.39, 0.29) is 29.1 Å². The number of carboxylic acids is 1. The van der Waals surface area contributed by atoms with Crippen LogP contribution in [0.4, 0.5) is 5.69 Å². The Morgan fingerprint density at radius 3 is 2.42 bits per heavy atom. The SMILES string of the molecule is CCOC(=O)CCCN(C)c1ccc2c(-c3cc(C(=O)O)ccc3C(=O)NS(C)(=O)=O)c3ccc(=[N+](C)C)cc-3oc2c1. The van der Waals surface area contributed by atoms with Crippen molar-refractivity contribution in [1.29, 1.82) is 0 Å². The van der Waals surface area contributed by atoms with Gasteiger partial charge in [-0.15, -0.1) is 0 Å². The summed E-state index contributed by atoms with van der Waals surface area (Å²) in [6.07, 6.45) is 1.74. The molecule has 0 radical (unpaired) electrons. The fraction of sp³-hybridized carbons (Fsp3) is 0.290. The molecular weight excluding hydrogens is 574 g/mol.